The van der Waals surface area contributed by atoms with Crippen molar-refractivity contribution in [3.05, 3.63) is 71.0 Å². The number of amides is 1. The Kier molecular flexibility index (Phi) is 6.22. The van der Waals surface area contributed by atoms with Crippen LogP contribution < -0.4 is 9.47 Å². The van der Waals surface area contributed by atoms with E-state index in [1.54, 1.807) is 26.2 Å². The Hall–Kier alpha value is -3.28. The highest BCUT2D eigenvalue weighted by Crippen LogP contribution is 2.39. The third-order valence-corrected chi connectivity index (χ3v) is 4.92. The van der Waals surface area contributed by atoms with E-state index in [9.17, 15) is 14.7 Å². The lowest BCUT2D eigenvalue weighted by molar-refractivity contribution is -0.130. The second-order valence-corrected chi connectivity index (χ2v) is 6.73. The molecule has 0 saturated heterocycles. The van der Waals surface area contributed by atoms with Crippen molar-refractivity contribution in [2.24, 2.45) is 0 Å². The summed E-state index contributed by atoms with van der Waals surface area (Å²) in [4.78, 5) is 27.0. The van der Waals surface area contributed by atoms with E-state index in [1.165, 1.54) is 4.90 Å². The molecule has 0 radical (unpaired) electrons. The van der Waals surface area contributed by atoms with Crippen LogP contribution in [0.5, 0.6) is 11.5 Å². The van der Waals surface area contributed by atoms with Gasteiger partial charge in [0.25, 0.3) is 5.91 Å². The zero-order valence-corrected chi connectivity index (χ0v) is 16.8. The Morgan fingerprint density at radius 1 is 1.10 bits per heavy atom. The molecule has 1 amide bonds. The first-order valence-electron chi connectivity index (χ1n) is 9.63. The monoisotopic (exact) mass is 395 g/mol. The van der Waals surface area contributed by atoms with Gasteiger partial charge in [0.15, 0.2) is 11.5 Å². The molecule has 0 fully saturated rings. The highest BCUT2D eigenvalue weighted by atomic mass is 16.5. The molecule has 29 heavy (non-hydrogen) atoms. The van der Waals surface area contributed by atoms with Crippen molar-refractivity contribution in [1.82, 2.24) is 4.90 Å². The van der Waals surface area contributed by atoms with E-state index in [-0.39, 0.29) is 24.3 Å². The number of aliphatic hydroxyl groups is 1. The molecule has 1 unspecified atom stereocenters. The molecular weight excluding hydrogens is 370 g/mol. The van der Waals surface area contributed by atoms with Crippen LogP contribution in [-0.2, 0) is 16.1 Å². The number of methoxy groups -OCH3 is 1. The van der Waals surface area contributed by atoms with E-state index in [0.29, 0.717) is 18.1 Å². The normalized spacial score (nSPS) is 16.3. The summed E-state index contributed by atoms with van der Waals surface area (Å²) in [6, 6.07) is 14.0. The van der Waals surface area contributed by atoms with Crippen LogP contribution in [0.1, 0.15) is 37.4 Å². The Labute approximate surface area is 170 Å². The molecule has 0 aromatic heterocycles. The first-order valence-corrected chi connectivity index (χ1v) is 9.63. The molecule has 0 saturated carbocycles. The molecular formula is C23H25NO5. The van der Waals surface area contributed by atoms with Gasteiger partial charge >= 0.3 is 0 Å². The molecule has 1 heterocycles. The van der Waals surface area contributed by atoms with Gasteiger partial charge in [-0.15, -0.1) is 0 Å². The SMILES string of the molecule is CCOc1cccc(CN2C(=O)C(O)=C(C(=O)CC)C2c2ccc(OC)cc2)c1. The van der Waals surface area contributed by atoms with Crippen molar-refractivity contribution in [2.45, 2.75) is 32.9 Å². The first-order chi connectivity index (χ1) is 14.0. The lowest BCUT2D eigenvalue weighted by atomic mass is 9.95. The van der Waals surface area contributed by atoms with Crippen molar-refractivity contribution in [3.63, 3.8) is 0 Å². The zero-order chi connectivity index (χ0) is 21.0. The Morgan fingerprint density at radius 2 is 1.83 bits per heavy atom. The average molecular weight is 395 g/mol. The minimum absolute atomic E-state index is 0.142. The standard InChI is InChI=1S/C23H25NO5/c1-4-19(25)20-21(16-9-11-17(28-3)12-10-16)24(23(27)22(20)26)14-15-7-6-8-18(13-15)29-5-2/h6-13,21,26H,4-5,14H2,1-3H3. The molecule has 1 N–H and O–H groups in total. The minimum Gasteiger partial charge on any atom is -0.503 e. The van der Waals surface area contributed by atoms with E-state index in [2.05, 4.69) is 0 Å². The van der Waals surface area contributed by atoms with Gasteiger partial charge in [0, 0.05) is 13.0 Å². The molecule has 152 valence electrons. The summed E-state index contributed by atoms with van der Waals surface area (Å²) < 4.78 is 10.7. The van der Waals surface area contributed by atoms with Gasteiger partial charge in [-0.05, 0) is 42.3 Å². The third-order valence-electron chi connectivity index (χ3n) is 4.92. The Balaban J connectivity index is 2.00. The number of Topliss-reactive ketones (excluding diaryl/α,β-unsaturated/α-hetero) is 1. The van der Waals surface area contributed by atoms with Crippen LogP contribution in [0.25, 0.3) is 0 Å². The maximum atomic E-state index is 12.9. The smallest absolute Gasteiger partial charge is 0.290 e. The van der Waals surface area contributed by atoms with Crippen molar-refractivity contribution < 1.29 is 24.2 Å². The number of benzene rings is 2. The summed E-state index contributed by atoms with van der Waals surface area (Å²) in [6.45, 7) is 4.40. The summed E-state index contributed by atoms with van der Waals surface area (Å²) in [7, 11) is 1.57. The van der Waals surface area contributed by atoms with E-state index in [1.807, 2.05) is 43.3 Å². The summed E-state index contributed by atoms with van der Waals surface area (Å²) in [5.41, 5.74) is 1.73. The molecule has 3 rings (SSSR count). The van der Waals surface area contributed by atoms with Crippen LogP contribution in [0, 0.1) is 0 Å². The molecule has 6 nitrogen and oxygen atoms in total. The van der Waals surface area contributed by atoms with Crippen LogP contribution >= 0.6 is 0 Å². The topological polar surface area (TPSA) is 76.1 Å². The van der Waals surface area contributed by atoms with Crippen LogP contribution in [0.4, 0.5) is 0 Å². The number of ether oxygens (including phenoxy) is 2. The molecule has 1 aliphatic rings. The average Bonchev–Trinajstić information content (AvgIpc) is 2.99. The second-order valence-electron chi connectivity index (χ2n) is 6.73. The highest BCUT2D eigenvalue weighted by molar-refractivity contribution is 6.08. The largest absolute Gasteiger partial charge is 0.503 e. The Morgan fingerprint density at radius 3 is 2.45 bits per heavy atom. The maximum absolute atomic E-state index is 12.9. The fourth-order valence-corrected chi connectivity index (χ4v) is 3.52. The number of hydrogen-bond donors (Lipinski definition) is 1. The van der Waals surface area contributed by atoms with E-state index >= 15 is 0 Å². The number of hydrogen-bond acceptors (Lipinski definition) is 5. The minimum atomic E-state index is -0.656. The van der Waals surface area contributed by atoms with Gasteiger partial charge in [-0.1, -0.05) is 31.2 Å². The summed E-state index contributed by atoms with van der Waals surface area (Å²) >= 11 is 0. The maximum Gasteiger partial charge on any atom is 0.290 e. The van der Waals surface area contributed by atoms with Gasteiger partial charge in [-0.25, -0.2) is 0 Å². The number of carbonyl (C=O) groups excluding carboxylic acids is 2. The van der Waals surface area contributed by atoms with Crippen LogP contribution in [0.2, 0.25) is 0 Å². The molecule has 0 aliphatic carbocycles. The zero-order valence-electron chi connectivity index (χ0n) is 16.8. The number of aliphatic hydroxyl groups excluding tert-OH is 1. The Bertz CT molecular complexity index is 933. The van der Waals surface area contributed by atoms with Gasteiger partial charge in [-0.3, -0.25) is 9.59 Å². The molecule has 1 aliphatic heterocycles. The van der Waals surface area contributed by atoms with Crippen molar-refractivity contribution in [3.8, 4) is 11.5 Å². The number of nitrogens with zero attached hydrogens (tertiary/aromatic N) is 1. The van der Waals surface area contributed by atoms with E-state index in [4.69, 9.17) is 9.47 Å². The summed E-state index contributed by atoms with van der Waals surface area (Å²) in [6.07, 6.45) is 0.201. The quantitative estimate of drug-likeness (QED) is 0.732. The lowest BCUT2D eigenvalue weighted by Crippen LogP contribution is -2.30. The van der Waals surface area contributed by atoms with Gasteiger partial charge in [0.2, 0.25) is 0 Å². The molecule has 0 bridgehead atoms. The fraction of sp³-hybridized carbons (Fsp3) is 0.304. The molecule has 2 aromatic carbocycles. The fourth-order valence-electron chi connectivity index (χ4n) is 3.52. The van der Waals surface area contributed by atoms with E-state index in [0.717, 1.165) is 11.1 Å². The van der Waals surface area contributed by atoms with Crippen molar-refractivity contribution in [2.75, 3.05) is 13.7 Å². The van der Waals surface area contributed by atoms with Crippen LogP contribution in [0.15, 0.2) is 59.9 Å². The number of ketones is 1. The molecule has 2 aromatic rings. The van der Waals surface area contributed by atoms with Crippen LogP contribution in [-0.4, -0.2) is 35.4 Å². The number of carbonyl (C=O) groups is 2. The summed E-state index contributed by atoms with van der Waals surface area (Å²) in [5, 5.41) is 10.5. The number of rotatable bonds is 8. The lowest BCUT2D eigenvalue weighted by Gasteiger charge is -2.27. The third kappa shape index (κ3) is 4.11. The molecule has 0 spiro atoms. The van der Waals surface area contributed by atoms with E-state index < -0.39 is 17.7 Å². The first kappa shape index (κ1) is 20.5. The predicted molar refractivity (Wildman–Crippen MR) is 109 cm³/mol. The van der Waals surface area contributed by atoms with Gasteiger partial charge in [-0.2, -0.15) is 0 Å². The van der Waals surface area contributed by atoms with Crippen molar-refractivity contribution in [1.29, 1.82) is 0 Å². The van der Waals surface area contributed by atoms with Gasteiger partial charge in [0.05, 0.1) is 25.3 Å². The molecule has 1 atom stereocenters. The van der Waals surface area contributed by atoms with Crippen molar-refractivity contribution >= 4 is 11.7 Å². The second kappa shape index (κ2) is 8.82. The highest BCUT2D eigenvalue weighted by Gasteiger charge is 2.42. The van der Waals surface area contributed by atoms with Crippen LogP contribution in [0.3, 0.4) is 0 Å². The summed E-state index contributed by atoms with van der Waals surface area (Å²) in [5.74, 6) is 0.107. The predicted octanol–water partition coefficient (Wildman–Crippen LogP) is 3.97. The van der Waals surface area contributed by atoms with Gasteiger partial charge in [0.1, 0.15) is 11.5 Å². The molecule has 6 heteroatoms. The van der Waals surface area contributed by atoms with Gasteiger partial charge < -0.3 is 19.5 Å².